The molecule has 0 bridgehead atoms. The molecule has 0 saturated carbocycles. The number of nitriles is 1. The van der Waals surface area contributed by atoms with Gasteiger partial charge in [0, 0.05) is 22.8 Å². The standard InChI is InChI=1S/C24H23N3O2/c1-16-5-9-22(10-6-16)27-17(2)13-19(18(27)3)14-20(15-25)24(28)26-21-7-11-23(29-4)12-8-21/h5-14H,1-4H3,(H,26,28)/b20-14+. The number of aromatic nitrogens is 1. The summed E-state index contributed by atoms with van der Waals surface area (Å²) in [6, 6.07) is 19.2. The van der Waals surface area contributed by atoms with Gasteiger partial charge in [-0.25, -0.2) is 0 Å². The van der Waals surface area contributed by atoms with Crippen LogP contribution in [0.4, 0.5) is 5.69 Å². The van der Waals surface area contributed by atoms with Crippen LogP contribution in [0.2, 0.25) is 0 Å². The summed E-state index contributed by atoms with van der Waals surface area (Å²) in [6.07, 6.45) is 1.63. The highest BCUT2D eigenvalue weighted by Gasteiger charge is 2.14. The number of methoxy groups -OCH3 is 1. The largest absolute Gasteiger partial charge is 0.497 e. The van der Waals surface area contributed by atoms with E-state index in [0.29, 0.717) is 11.4 Å². The van der Waals surface area contributed by atoms with E-state index in [-0.39, 0.29) is 5.57 Å². The lowest BCUT2D eigenvalue weighted by atomic mass is 10.1. The summed E-state index contributed by atoms with van der Waals surface area (Å²) in [5, 5.41) is 12.3. The average molecular weight is 385 g/mol. The molecule has 5 nitrogen and oxygen atoms in total. The highest BCUT2D eigenvalue weighted by molar-refractivity contribution is 6.09. The molecule has 0 atom stereocenters. The number of benzene rings is 2. The number of aryl methyl sites for hydroxylation is 2. The molecule has 0 aliphatic carbocycles. The van der Waals surface area contributed by atoms with E-state index >= 15 is 0 Å². The Bertz CT molecular complexity index is 1100. The monoisotopic (exact) mass is 385 g/mol. The maximum absolute atomic E-state index is 12.6. The second kappa shape index (κ2) is 8.49. The molecule has 3 aromatic rings. The fourth-order valence-electron chi connectivity index (χ4n) is 3.20. The molecule has 1 heterocycles. The van der Waals surface area contributed by atoms with Crippen LogP contribution in [0.1, 0.15) is 22.5 Å². The first kappa shape index (κ1) is 20.0. The van der Waals surface area contributed by atoms with Gasteiger partial charge in [0.1, 0.15) is 17.4 Å². The summed E-state index contributed by atoms with van der Waals surface area (Å²) >= 11 is 0. The van der Waals surface area contributed by atoms with Crippen molar-refractivity contribution < 1.29 is 9.53 Å². The number of carbonyl (C=O) groups is 1. The molecule has 0 radical (unpaired) electrons. The van der Waals surface area contributed by atoms with Crippen molar-refractivity contribution in [2.75, 3.05) is 12.4 Å². The molecule has 0 aliphatic heterocycles. The molecule has 0 fully saturated rings. The summed E-state index contributed by atoms with van der Waals surface area (Å²) in [7, 11) is 1.58. The number of ether oxygens (including phenoxy) is 1. The van der Waals surface area contributed by atoms with E-state index in [9.17, 15) is 10.1 Å². The lowest BCUT2D eigenvalue weighted by molar-refractivity contribution is -0.112. The summed E-state index contributed by atoms with van der Waals surface area (Å²) in [5.41, 5.74) is 5.73. The molecule has 0 aliphatic rings. The molecule has 0 unspecified atom stereocenters. The van der Waals surface area contributed by atoms with E-state index in [1.165, 1.54) is 5.56 Å². The van der Waals surface area contributed by atoms with Crippen LogP contribution in [-0.4, -0.2) is 17.6 Å². The topological polar surface area (TPSA) is 67.0 Å². The number of nitrogens with one attached hydrogen (secondary N) is 1. The van der Waals surface area contributed by atoms with Crippen LogP contribution in [0, 0.1) is 32.1 Å². The fourth-order valence-corrected chi connectivity index (χ4v) is 3.20. The third-order valence-electron chi connectivity index (χ3n) is 4.78. The highest BCUT2D eigenvalue weighted by Crippen LogP contribution is 2.23. The van der Waals surface area contributed by atoms with E-state index in [1.54, 1.807) is 37.5 Å². The van der Waals surface area contributed by atoms with E-state index in [1.807, 2.05) is 32.9 Å². The Morgan fingerprint density at radius 1 is 1.07 bits per heavy atom. The first-order valence-electron chi connectivity index (χ1n) is 9.26. The van der Waals surface area contributed by atoms with Crippen molar-refractivity contribution >= 4 is 17.7 Å². The molecule has 0 saturated heterocycles. The summed E-state index contributed by atoms with van der Waals surface area (Å²) in [5.74, 6) is 0.250. The normalized spacial score (nSPS) is 11.1. The van der Waals surface area contributed by atoms with E-state index in [0.717, 1.165) is 22.6 Å². The van der Waals surface area contributed by atoms with Crippen LogP contribution in [-0.2, 0) is 4.79 Å². The maximum atomic E-state index is 12.6. The molecule has 146 valence electrons. The highest BCUT2D eigenvalue weighted by atomic mass is 16.5. The number of hydrogen-bond acceptors (Lipinski definition) is 3. The van der Waals surface area contributed by atoms with Gasteiger partial charge in [0.15, 0.2) is 0 Å². The van der Waals surface area contributed by atoms with Gasteiger partial charge in [0.25, 0.3) is 5.91 Å². The quantitative estimate of drug-likeness (QED) is 0.499. The van der Waals surface area contributed by atoms with Gasteiger partial charge in [0.05, 0.1) is 7.11 Å². The zero-order valence-corrected chi connectivity index (χ0v) is 17.0. The van der Waals surface area contributed by atoms with E-state index < -0.39 is 5.91 Å². The van der Waals surface area contributed by atoms with E-state index in [4.69, 9.17) is 4.74 Å². The van der Waals surface area contributed by atoms with Crippen LogP contribution in [0.15, 0.2) is 60.2 Å². The van der Waals surface area contributed by atoms with Gasteiger partial charge in [-0.2, -0.15) is 5.26 Å². The Hall–Kier alpha value is -3.78. The predicted molar refractivity (Wildman–Crippen MR) is 115 cm³/mol. The van der Waals surface area contributed by atoms with Crippen LogP contribution in [0.25, 0.3) is 11.8 Å². The van der Waals surface area contributed by atoms with Crippen molar-refractivity contribution in [3.8, 4) is 17.5 Å². The molecule has 29 heavy (non-hydrogen) atoms. The van der Waals surface area contributed by atoms with Crippen molar-refractivity contribution in [1.82, 2.24) is 4.57 Å². The van der Waals surface area contributed by atoms with Crippen LogP contribution >= 0.6 is 0 Å². The van der Waals surface area contributed by atoms with E-state index in [2.05, 4.69) is 34.1 Å². The van der Waals surface area contributed by atoms with Gasteiger partial charge in [-0.3, -0.25) is 4.79 Å². The Labute approximate surface area is 170 Å². The number of amides is 1. The predicted octanol–water partition coefficient (Wildman–Crippen LogP) is 4.96. The van der Waals surface area contributed by atoms with Gasteiger partial charge in [-0.05, 0) is 74.9 Å². The Morgan fingerprint density at radius 3 is 2.31 bits per heavy atom. The minimum atomic E-state index is -0.446. The first-order valence-corrected chi connectivity index (χ1v) is 9.26. The summed E-state index contributed by atoms with van der Waals surface area (Å²) in [4.78, 5) is 12.6. The summed E-state index contributed by atoms with van der Waals surface area (Å²) in [6.45, 7) is 6.04. The Kier molecular flexibility index (Phi) is 5.85. The molecule has 1 N–H and O–H groups in total. The van der Waals surface area contributed by atoms with Crippen molar-refractivity contribution in [1.29, 1.82) is 5.26 Å². The lowest BCUT2D eigenvalue weighted by Crippen LogP contribution is -2.13. The number of nitrogens with zero attached hydrogens (tertiary/aromatic N) is 2. The van der Waals surface area contributed by atoms with Gasteiger partial charge in [-0.15, -0.1) is 0 Å². The van der Waals surface area contributed by atoms with Crippen LogP contribution in [0.3, 0.4) is 0 Å². The number of hydrogen-bond donors (Lipinski definition) is 1. The number of anilines is 1. The zero-order valence-electron chi connectivity index (χ0n) is 17.0. The van der Waals surface area contributed by atoms with Crippen LogP contribution in [0.5, 0.6) is 5.75 Å². The summed E-state index contributed by atoms with van der Waals surface area (Å²) < 4.78 is 7.23. The molecular weight excluding hydrogens is 362 g/mol. The van der Waals surface area contributed by atoms with Gasteiger partial charge < -0.3 is 14.6 Å². The molecule has 2 aromatic carbocycles. The minimum Gasteiger partial charge on any atom is -0.497 e. The first-order chi connectivity index (χ1) is 13.9. The molecule has 5 heteroatoms. The molecule has 0 spiro atoms. The van der Waals surface area contributed by atoms with Crippen molar-refractivity contribution in [3.05, 3.63) is 82.7 Å². The van der Waals surface area contributed by atoms with Crippen molar-refractivity contribution in [2.24, 2.45) is 0 Å². The molecule has 1 aromatic heterocycles. The maximum Gasteiger partial charge on any atom is 0.266 e. The smallest absolute Gasteiger partial charge is 0.266 e. The van der Waals surface area contributed by atoms with Crippen molar-refractivity contribution in [3.63, 3.8) is 0 Å². The van der Waals surface area contributed by atoms with Gasteiger partial charge in [0.2, 0.25) is 0 Å². The van der Waals surface area contributed by atoms with Gasteiger partial charge >= 0.3 is 0 Å². The Balaban J connectivity index is 1.88. The van der Waals surface area contributed by atoms with Crippen LogP contribution < -0.4 is 10.1 Å². The second-order valence-corrected chi connectivity index (χ2v) is 6.85. The van der Waals surface area contributed by atoms with Gasteiger partial charge in [-0.1, -0.05) is 17.7 Å². The number of carbonyl (C=O) groups excluding carboxylic acids is 1. The van der Waals surface area contributed by atoms with Crippen molar-refractivity contribution in [2.45, 2.75) is 20.8 Å². The minimum absolute atomic E-state index is 0.0463. The molecule has 1 amide bonds. The second-order valence-electron chi connectivity index (χ2n) is 6.85. The SMILES string of the molecule is COc1ccc(NC(=O)/C(C#N)=C/c2cc(C)n(-c3ccc(C)cc3)c2C)cc1. The molecular formula is C24H23N3O2. The lowest BCUT2D eigenvalue weighted by Gasteiger charge is -2.10. The number of rotatable bonds is 5. The fraction of sp³-hybridized carbons (Fsp3) is 0.167. The average Bonchev–Trinajstić information content (AvgIpc) is 3.00. The Morgan fingerprint density at radius 2 is 1.72 bits per heavy atom. The molecule has 3 rings (SSSR count). The zero-order chi connectivity index (χ0) is 21.0. The third-order valence-corrected chi connectivity index (χ3v) is 4.78. The third kappa shape index (κ3) is 4.39.